The van der Waals surface area contributed by atoms with Crippen molar-refractivity contribution in [1.29, 1.82) is 0 Å². The molecule has 1 aliphatic carbocycles. The Hall–Kier alpha value is -3.79. The minimum atomic E-state index is -4.71. The SMILES string of the molecule is COCCOCCOCC[N+](CCOCCOCCOC)=c1ccc2c(/C=C/C=C3/N(CCCCCC(=O)ON4C(=O)CCC4=O)c4ccc(S(=O)(=O)[O-])cc4C3(C)C)cc(C(C)(C)C)oc-2c1.[Na+]. The van der Waals surface area contributed by atoms with E-state index in [1.165, 1.54) is 12.1 Å². The summed E-state index contributed by atoms with van der Waals surface area (Å²) in [5, 5.41) is 1.50. The summed E-state index contributed by atoms with van der Waals surface area (Å²) in [6, 6.07) is 12.7. The molecule has 3 aliphatic heterocycles. The van der Waals surface area contributed by atoms with Gasteiger partial charge < -0.3 is 47.1 Å². The van der Waals surface area contributed by atoms with Gasteiger partial charge in [-0.25, -0.2) is 17.8 Å². The number of nitrogens with zero attached hydrogens (tertiary/aromatic N) is 3. The molecule has 0 bridgehead atoms. The van der Waals surface area contributed by atoms with Crippen molar-refractivity contribution < 1.29 is 94.6 Å². The molecule has 17 nitrogen and oxygen atoms in total. The Bertz CT molecular complexity index is 2350. The normalized spacial score (nSPS) is 15.4. The molecule has 69 heavy (non-hydrogen) atoms. The second-order valence-corrected chi connectivity index (χ2v) is 19.5. The van der Waals surface area contributed by atoms with Gasteiger partial charge in [0, 0.05) is 73.9 Å². The van der Waals surface area contributed by atoms with Crippen LogP contribution in [-0.4, -0.2) is 136 Å². The van der Waals surface area contributed by atoms with Gasteiger partial charge in [0.05, 0.1) is 63.8 Å². The number of hydroxylamine groups is 2. The maximum absolute atomic E-state index is 12.4. The Balaban J connectivity index is 0.0000104. The monoisotopic (exact) mass is 990 g/mol. The summed E-state index contributed by atoms with van der Waals surface area (Å²) in [6.45, 7) is 16.9. The summed E-state index contributed by atoms with van der Waals surface area (Å²) in [5.74, 6) is -0.199. The van der Waals surface area contributed by atoms with Crippen LogP contribution in [0, 0.1) is 0 Å². The van der Waals surface area contributed by atoms with Crippen molar-refractivity contribution in [2.45, 2.75) is 88.9 Å². The molecule has 1 aromatic carbocycles. The summed E-state index contributed by atoms with van der Waals surface area (Å²) < 4.78 is 78.4. The van der Waals surface area contributed by atoms with Gasteiger partial charge in [-0.1, -0.05) is 53.2 Å². The van der Waals surface area contributed by atoms with Crippen molar-refractivity contribution in [3.8, 4) is 11.3 Å². The molecule has 0 spiro atoms. The van der Waals surface area contributed by atoms with Crippen LogP contribution in [0.4, 0.5) is 5.69 Å². The van der Waals surface area contributed by atoms with Crippen molar-refractivity contribution in [2.24, 2.45) is 0 Å². The number of carbonyl (C=O) groups is 3. The third-order valence-electron chi connectivity index (χ3n) is 11.6. The first-order chi connectivity index (χ1) is 32.4. The van der Waals surface area contributed by atoms with Gasteiger partial charge in [0.25, 0.3) is 11.8 Å². The molecule has 0 saturated carbocycles. The average molecular weight is 991 g/mol. The van der Waals surface area contributed by atoms with E-state index < -0.39 is 33.3 Å². The van der Waals surface area contributed by atoms with Gasteiger partial charge in [-0.2, -0.15) is 0 Å². The number of imide groups is 1. The van der Waals surface area contributed by atoms with Crippen LogP contribution in [0.5, 0.6) is 0 Å². The molecule has 3 heterocycles. The van der Waals surface area contributed by atoms with Crippen LogP contribution >= 0.6 is 0 Å². The van der Waals surface area contributed by atoms with Crippen LogP contribution in [-0.2, 0) is 68.6 Å². The summed E-state index contributed by atoms with van der Waals surface area (Å²) in [7, 11) is -1.44. The number of carbonyl (C=O) groups excluding carboxylic acids is 3. The molecule has 0 aromatic heterocycles. The van der Waals surface area contributed by atoms with Crippen LogP contribution in [0.15, 0.2) is 69.6 Å². The van der Waals surface area contributed by atoms with Crippen molar-refractivity contribution in [3.63, 3.8) is 0 Å². The predicted octanol–water partition coefficient (Wildman–Crippen LogP) is 2.58. The fourth-order valence-corrected chi connectivity index (χ4v) is 8.37. The molecule has 2 amide bonds. The molecule has 0 radical (unpaired) electrons. The zero-order valence-corrected chi connectivity index (χ0v) is 44.5. The fourth-order valence-electron chi connectivity index (χ4n) is 7.87. The molecular formula is C50H69N3NaO14S+. The smallest absolute Gasteiger partial charge is 0.744 e. The topological polar surface area (TPSA) is 196 Å². The minimum Gasteiger partial charge on any atom is -0.744 e. The first-order valence-electron chi connectivity index (χ1n) is 23.2. The molecule has 1 aromatic rings. The number of amides is 2. The van der Waals surface area contributed by atoms with Gasteiger partial charge in [0.1, 0.15) is 34.9 Å². The van der Waals surface area contributed by atoms with Gasteiger partial charge in [0.2, 0.25) is 5.36 Å². The van der Waals surface area contributed by atoms with E-state index >= 15 is 0 Å². The summed E-state index contributed by atoms with van der Waals surface area (Å²) >= 11 is 0. The second-order valence-electron chi connectivity index (χ2n) is 18.1. The third kappa shape index (κ3) is 16.9. The number of benzene rings is 2. The molecule has 0 N–H and O–H groups in total. The molecule has 19 heteroatoms. The number of anilines is 1. The summed E-state index contributed by atoms with van der Waals surface area (Å²) in [4.78, 5) is 43.1. The van der Waals surface area contributed by atoms with Gasteiger partial charge in [0.15, 0.2) is 13.1 Å². The van der Waals surface area contributed by atoms with E-state index in [1.807, 2.05) is 38.1 Å². The number of fused-ring (bicyclic) bond motifs is 2. The van der Waals surface area contributed by atoms with Crippen molar-refractivity contribution in [2.75, 3.05) is 105 Å². The molecule has 0 unspecified atom stereocenters. The van der Waals surface area contributed by atoms with Crippen molar-refractivity contribution in [1.82, 2.24) is 9.64 Å². The average Bonchev–Trinajstić information content (AvgIpc) is 3.71. The number of ether oxygens (including phenoxy) is 6. The molecule has 0 atom stereocenters. The Morgan fingerprint density at radius 1 is 0.812 bits per heavy atom. The molecule has 1 fully saturated rings. The molecule has 1 saturated heterocycles. The fraction of sp³-hybridized carbons (Fsp3) is 0.560. The maximum atomic E-state index is 12.4. The first-order valence-corrected chi connectivity index (χ1v) is 24.6. The van der Waals surface area contributed by atoms with E-state index in [1.54, 1.807) is 20.3 Å². The quantitative estimate of drug-likeness (QED) is 0.0339. The van der Waals surface area contributed by atoms with Crippen LogP contribution in [0.2, 0.25) is 0 Å². The molecular weight excluding hydrogens is 922 g/mol. The zero-order chi connectivity index (χ0) is 49.3. The van der Waals surface area contributed by atoms with Gasteiger partial charge in [-0.05, 0) is 60.4 Å². The maximum Gasteiger partial charge on any atom is 1.00 e. The van der Waals surface area contributed by atoms with Crippen LogP contribution in [0.1, 0.15) is 90.0 Å². The standard InChI is InChI=1S/C50H69N3O14S.Na/c1-49(2,3)45-34-37(40-17-15-38(35-43(40)66-45)51(22-24-62-30-32-64-28-26-60-6)23-25-63-31-33-65-29-27-61-7)12-11-13-44-50(4,5)41-36-39(68(57,58)59)16-18-42(41)52(44)21-10-8-9-14-48(56)67-53-46(54)19-20-47(53)55;/h11-13,15-18,34-36H,8-10,14,19-33H2,1-7H3;/q;+1. The Morgan fingerprint density at radius 2 is 1.41 bits per heavy atom. The number of unbranched alkanes of at least 4 members (excludes halogenated alkanes) is 2. The van der Waals surface area contributed by atoms with E-state index in [2.05, 4.69) is 48.4 Å². The van der Waals surface area contributed by atoms with E-state index in [0.717, 1.165) is 33.6 Å². The number of rotatable bonds is 28. The molecule has 5 rings (SSSR count). The Labute approximate surface area is 429 Å². The Kier molecular flexibility index (Phi) is 23.2. The van der Waals surface area contributed by atoms with E-state index in [9.17, 15) is 27.4 Å². The van der Waals surface area contributed by atoms with Crippen molar-refractivity contribution >= 4 is 39.7 Å². The summed E-state index contributed by atoms with van der Waals surface area (Å²) in [6.07, 6.45) is 7.85. The Morgan fingerprint density at radius 3 is 1.99 bits per heavy atom. The minimum absolute atomic E-state index is 0. The molecule has 4 aliphatic rings. The number of hydrogen-bond acceptors (Lipinski definition) is 15. The second kappa shape index (κ2) is 27.7. The number of methoxy groups -OCH3 is 2. The third-order valence-corrected chi connectivity index (χ3v) is 12.5. The van der Waals surface area contributed by atoms with Gasteiger partial charge in [-0.15, -0.1) is 5.06 Å². The van der Waals surface area contributed by atoms with E-state index in [-0.39, 0.29) is 59.1 Å². The van der Waals surface area contributed by atoms with Gasteiger partial charge >= 0.3 is 35.5 Å². The number of hydrogen-bond donors (Lipinski definition) is 0. The largest absolute Gasteiger partial charge is 1.00 e. The van der Waals surface area contributed by atoms with Crippen molar-refractivity contribution in [3.05, 3.63) is 82.6 Å². The number of allylic oxidation sites excluding steroid dienone is 3. The summed E-state index contributed by atoms with van der Waals surface area (Å²) in [5.41, 5.74) is 3.20. The van der Waals surface area contributed by atoms with Crippen LogP contribution in [0.3, 0.4) is 0 Å². The molecule has 374 valence electrons. The van der Waals surface area contributed by atoms with Gasteiger partial charge in [-0.3, -0.25) is 9.59 Å². The van der Waals surface area contributed by atoms with E-state index in [4.69, 9.17) is 37.7 Å². The zero-order valence-electron chi connectivity index (χ0n) is 41.7. The van der Waals surface area contributed by atoms with Crippen LogP contribution < -0.4 is 44.4 Å². The van der Waals surface area contributed by atoms with Crippen LogP contribution in [0.25, 0.3) is 17.4 Å². The predicted molar refractivity (Wildman–Crippen MR) is 254 cm³/mol. The first kappa shape index (κ1) is 57.8. The van der Waals surface area contributed by atoms with E-state index in [0.29, 0.717) is 121 Å².